The van der Waals surface area contributed by atoms with Crippen LogP contribution >= 0.6 is 12.4 Å². The first-order valence-electron chi connectivity index (χ1n) is 8.57. The van der Waals surface area contributed by atoms with Gasteiger partial charge in [0, 0.05) is 12.2 Å². The number of halogens is 1. The van der Waals surface area contributed by atoms with Crippen molar-refractivity contribution in [1.29, 1.82) is 0 Å². The van der Waals surface area contributed by atoms with Crippen molar-refractivity contribution in [3.63, 3.8) is 0 Å². The van der Waals surface area contributed by atoms with Gasteiger partial charge in [0.25, 0.3) is 0 Å². The number of anilines is 1. The van der Waals surface area contributed by atoms with E-state index in [0.29, 0.717) is 11.4 Å². The number of nitrogen functional groups attached to an aromatic ring is 1. The summed E-state index contributed by atoms with van der Waals surface area (Å²) in [7, 11) is 0. The van der Waals surface area contributed by atoms with Crippen molar-refractivity contribution in [3.8, 4) is 0 Å². The lowest BCUT2D eigenvalue weighted by atomic mass is 10.2. The first-order valence-corrected chi connectivity index (χ1v) is 8.57. The molecule has 12 heteroatoms. The van der Waals surface area contributed by atoms with Crippen LogP contribution in [0.2, 0.25) is 0 Å². The zero-order chi connectivity index (χ0) is 20.5. The predicted molar refractivity (Wildman–Crippen MR) is 107 cm³/mol. The first-order chi connectivity index (χ1) is 13.4. The lowest BCUT2D eigenvalue weighted by Gasteiger charge is -2.22. The molecule has 29 heavy (non-hydrogen) atoms. The molecule has 0 aliphatic carbocycles. The Hall–Kier alpha value is -3.34. The Labute approximate surface area is 173 Å². The van der Waals surface area contributed by atoms with Crippen LogP contribution in [-0.2, 0) is 34.0 Å². The Morgan fingerprint density at radius 2 is 1.90 bits per heavy atom. The number of hydrogen-bond donors (Lipinski definition) is 3. The van der Waals surface area contributed by atoms with Crippen molar-refractivity contribution in [3.05, 3.63) is 41.7 Å². The topological polar surface area (TPSA) is 158 Å². The molecule has 0 radical (unpaired) electrons. The Morgan fingerprint density at radius 3 is 2.52 bits per heavy atom. The van der Waals surface area contributed by atoms with E-state index in [1.54, 1.807) is 31.2 Å². The first kappa shape index (κ1) is 23.7. The maximum Gasteiger partial charge on any atom is 0.325 e. The molecule has 0 bridgehead atoms. The minimum Gasteiger partial charge on any atom is -0.465 e. The third-order valence-corrected chi connectivity index (χ3v) is 3.59. The molecule has 1 aromatic carbocycles. The lowest BCUT2D eigenvalue weighted by molar-refractivity contribution is -0.141. The summed E-state index contributed by atoms with van der Waals surface area (Å²) in [6.45, 7) is 1.91. The molecule has 158 valence electrons. The Morgan fingerprint density at radius 1 is 1.21 bits per heavy atom. The maximum absolute atomic E-state index is 12.6. The van der Waals surface area contributed by atoms with Crippen LogP contribution < -0.4 is 16.8 Å². The zero-order valence-electron chi connectivity index (χ0n) is 15.9. The second-order valence-corrected chi connectivity index (χ2v) is 5.94. The summed E-state index contributed by atoms with van der Waals surface area (Å²) < 4.78 is 6.09. The molecule has 1 heterocycles. The van der Waals surface area contributed by atoms with Crippen LogP contribution in [0.3, 0.4) is 0 Å². The van der Waals surface area contributed by atoms with Gasteiger partial charge in [-0.15, -0.1) is 17.5 Å². The number of urea groups is 1. The van der Waals surface area contributed by atoms with E-state index >= 15 is 0 Å². The fourth-order valence-corrected chi connectivity index (χ4v) is 2.36. The van der Waals surface area contributed by atoms with E-state index in [1.807, 2.05) is 0 Å². The van der Waals surface area contributed by atoms with E-state index in [1.165, 1.54) is 15.8 Å². The summed E-state index contributed by atoms with van der Waals surface area (Å²) in [6.07, 6.45) is 1.53. The molecule has 0 aliphatic heterocycles. The van der Waals surface area contributed by atoms with Gasteiger partial charge >= 0.3 is 12.0 Å². The van der Waals surface area contributed by atoms with E-state index in [2.05, 4.69) is 15.6 Å². The number of rotatable bonds is 9. The minimum atomic E-state index is -0.553. The van der Waals surface area contributed by atoms with Crippen molar-refractivity contribution in [2.45, 2.75) is 26.6 Å². The van der Waals surface area contributed by atoms with Gasteiger partial charge < -0.3 is 26.4 Å². The molecule has 0 unspecified atom stereocenters. The predicted octanol–water partition coefficient (Wildman–Crippen LogP) is 0.0423. The standard InChI is InChI=1S/C17H23N7O4.ClH/c1-2-28-16(26)7-20-17(27)23(8-12-3-5-13(18)6-4-12)9-14-10-24(22-21-14)11-15(19)25;/h3-6,10H,2,7-9,11,18H2,1H3,(H2,19,25)(H,20,27);1H. The Bertz CT molecular complexity index is 825. The summed E-state index contributed by atoms with van der Waals surface area (Å²) in [5, 5.41) is 10.3. The van der Waals surface area contributed by atoms with E-state index in [-0.39, 0.29) is 45.2 Å². The Kier molecular flexibility index (Phi) is 9.39. The van der Waals surface area contributed by atoms with Crippen LogP contribution in [0.25, 0.3) is 0 Å². The van der Waals surface area contributed by atoms with Crippen LogP contribution in [0.15, 0.2) is 30.5 Å². The van der Waals surface area contributed by atoms with Gasteiger partial charge in [-0.05, 0) is 24.6 Å². The number of aromatic nitrogens is 3. The monoisotopic (exact) mass is 425 g/mol. The fourth-order valence-electron chi connectivity index (χ4n) is 2.36. The SMILES string of the molecule is CCOC(=O)CNC(=O)N(Cc1ccc(N)cc1)Cc1cn(CC(N)=O)nn1.Cl. The van der Waals surface area contributed by atoms with Gasteiger partial charge in [-0.2, -0.15) is 0 Å². The molecule has 2 aromatic rings. The number of esters is 1. The number of hydrogen-bond acceptors (Lipinski definition) is 7. The van der Waals surface area contributed by atoms with Gasteiger partial charge in [-0.25, -0.2) is 9.48 Å². The zero-order valence-corrected chi connectivity index (χ0v) is 16.7. The molecule has 0 saturated heterocycles. The van der Waals surface area contributed by atoms with Crippen molar-refractivity contribution in [2.75, 3.05) is 18.9 Å². The molecule has 0 atom stereocenters. The molecule has 1 aromatic heterocycles. The number of ether oxygens (including phenoxy) is 1. The Balaban J connectivity index is 0.00000420. The highest BCUT2D eigenvalue weighted by molar-refractivity contribution is 5.85. The summed E-state index contributed by atoms with van der Waals surface area (Å²) in [5.74, 6) is -1.09. The minimum absolute atomic E-state index is 0. The van der Waals surface area contributed by atoms with Gasteiger partial charge in [-0.3, -0.25) is 9.59 Å². The van der Waals surface area contributed by atoms with E-state index in [9.17, 15) is 14.4 Å². The number of benzene rings is 1. The smallest absolute Gasteiger partial charge is 0.325 e. The molecular formula is C17H24ClN7O4. The van der Waals surface area contributed by atoms with Gasteiger partial charge in [0.2, 0.25) is 5.91 Å². The molecule has 5 N–H and O–H groups in total. The van der Waals surface area contributed by atoms with Gasteiger partial charge in [0.15, 0.2) is 0 Å². The molecule has 2 rings (SSSR count). The summed E-state index contributed by atoms with van der Waals surface area (Å²) >= 11 is 0. The fraction of sp³-hybridized carbons (Fsp3) is 0.353. The van der Waals surface area contributed by atoms with Crippen molar-refractivity contribution in [2.24, 2.45) is 5.73 Å². The number of primary amides is 1. The van der Waals surface area contributed by atoms with E-state index in [0.717, 1.165) is 5.56 Å². The lowest BCUT2D eigenvalue weighted by Crippen LogP contribution is -2.41. The molecule has 11 nitrogen and oxygen atoms in total. The number of nitrogens with one attached hydrogen (secondary N) is 1. The van der Waals surface area contributed by atoms with Crippen LogP contribution in [0, 0.1) is 0 Å². The second kappa shape index (κ2) is 11.5. The third kappa shape index (κ3) is 8.05. The molecule has 0 saturated carbocycles. The van der Waals surface area contributed by atoms with Crippen molar-refractivity contribution >= 4 is 36.0 Å². The number of carbonyl (C=O) groups excluding carboxylic acids is 3. The quantitative estimate of drug-likeness (QED) is 0.378. The van der Waals surface area contributed by atoms with Crippen LogP contribution in [0.5, 0.6) is 0 Å². The number of nitrogens with two attached hydrogens (primary N) is 2. The van der Waals surface area contributed by atoms with Gasteiger partial charge in [-0.1, -0.05) is 17.3 Å². The highest BCUT2D eigenvalue weighted by Gasteiger charge is 2.18. The van der Waals surface area contributed by atoms with E-state index in [4.69, 9.17) is 16.2 Å². The van der Waals surface area contributed by atoms with Gasteiger partial charge in [0.1, 0.15) is 18.8 Å². The molecule has 0 spiro atoms. The second-order valence-electron chi connectivity index (χ2n) is 5.94. The normalized spacial score (nSPS) is 9.97. The highest BCUT2D eigenvalue weighted by Crippen LogP contribution is 2.11. The molecular weight excluding hydrogens is 402 g/mol. The van der Waals surface area contributed by atoms with Crippen molar-refractivity contribution < 1.29 is 19.1 Å². The van der Waals surface area contributed by atoms with Crippen molar-refractivity contribution in [1.82, 2.24) is 25.2 Å². The largest absolute Gasteiger partial charge is 0.465 e. The number of amides is 3. The number of carbonyl (C=O) groups is 3. The van der Waals surface area contributed by atoms with Crippen LogP contribution in [0.1, 0.15) is 18.2 Å². The van der Waals surface area contributed by atoms with Gasteiger partial charge in [0.05, 0.1) is 19.3 Å². The summed E-state index contributed by atoms with van der Waals surface area (Å²) in [5.41, 5.74) is 12.7. The highest BCUT2D eigenvalue weighted by atomic mass is 35.5. The average molecular weight is 426 g/mol. The third-order valence-electron chi connectivity index (χ3n) is 3.59. The summed E-state index contributed by atoms with van der Waals surface area (Å²) in [4.78, 5) is 36.5. The van der Waals surface area contributed by atoms with E-state index < -0.39 is 17.9 Å². The van der Waals surface area contributed by atoms with Crippen LogP contribution in [0.4, 0.5) is 10.5 Å². The van der Waals surface area contributed by atoms with Crippen LogP contribution in [-0.4, -0.2) is 51.0 Å². The molecule has 0 aliphatic rings. The average Bonchev–Trinajstić information content (AvgIpc) is 3.07. The molecule has 3 amide bonds. The molecule has 0 fully saturated rings. The summed E-state index contributed by atoms with van der Waals surface area (Å²) in [6, 6.07) is 6.57. The number of nitrogens with zero attached hydrogens (tertiary/aromatic N) is 4. The maximum atomic E-state index is 12.6.